The number of phenols is 1. The number of fused-ring (bicyclic) bond motifs is 1. The van der Waals surface area contributed by atoms with Crippen molar-refractivity contribution in [2.24, 2.45) is 5.10 Å². The lowest BCUT2D eigenvalue weighted by Gasteiger charge is -2.14. The van der Waals surface area contributed by atoms with E-state index in [4.69, 9.17) is 4.74 Å². The first-order valence-corrected chi connectivity index (χ1v) is 8.66. The van der Waals surface area contributed by atoms with Gasteiger partial charge in [0.15, 0.2) is 6.10 Å². The number of hydrazone groups is 1. The number of aromatic hydroxyl groups is 1. The zero-order valence-electron chi connectivity index (χ0n) is 13.9. The summed E-state index contributed by atoms with van der Waals surface area (Å²) in [4.78, 5) is 16.5. The summed E-state index contributed by atoms with van der Waals surface area (Å²) in [5.41, 5.74) is 3.57. The van der Waals surface area contributed by atoms with E-state index in [-0.39, 0.29) is 5.75 Å². The fraction of sp³-hybridized carbons (Fsp3) is 0.105. The Hall–Kier alpha value is -2.93. The first-order chi connectivity index (χ1) is 12.5. The van der Waals surface area contributed by atoms with Crippen molar-refractivity contribution in [2.75, 3.05) is 0 Å². The number of nitrogens with zero attached hydrogens (tertiary/aromatic N) is 2. The van der Waals surface area contributed by atoms with E-state index in [1.165, 1.54) is 12.3 Å². The lowest BCUT2D eigenvalue weighted by Crippen LogP contribution is -2.33. The number of carbonyl (C=O) groups excluding carboxylic acids is 1. The molecule has 1 heterocycles. The van der Waals surface area contributed by atoms with Gasteiger partial charge in [-0.1, -0.05) is 34.1 Å². The molecule has 6 nitrogen and oxygen atoms in total. The average molecular weight is 414 g/mol. The third kappa shape index (κ3) is 4.18. The summed E-state index contributed by atoms with van der Waals surface area (Å²) in [7, 11) is 0. The molecule has 7 heteroatoms. The van der Waals surface area contributed by atoms with E-state index in [1.807, 2.05) is 24.3 Å². The monoisotopic (exact) mass is 413 g/mol. The molecular weight excluding hydrogens is 398 g/mol. The van der Waals surface area contributed by atoms with Gasteiger partial charge in [0.1, 0.15) is 17.0 Å². The number of hydrogen-bond acceptors (Lipinski definition) is 5. The highest BCUT2D eigenvalue weighted by molar-refractivity contribution is 9.10. The van der Waals surface area contributed by atoms with Crippen LogP contribution in [0.1, 0.15) is 12.5 Å². The predicted molar refractivity (Wildman–Crippen MR) is 103 cm³/mol. The normalized spacial score (nSPS) is 12.2. The molecule has 1 aromatic heterocycles. The Morgan fingerprint density at radius 1 is 1.31 bits per heavy atom. The van der Waals surface area contributed by atoms with Crippen molar-refractivity contribution < 1.29 is 14.6 Å². The second-order valence-electron chi connectivity index (χ2n) is 5.53. The van der Waals surface area contributed by atoms with Gasteiger partial charge in [-0.25, -0.2) is 5.43 Å². The van der Waals surface area contributed by atoms with Crippen molar-refractivity contribution in [3.8, 4) is 11.5 Å². The highest BCUT2D eigenvalue weighted by Gasteiger charge is 2.15. The average Bonchev–Trinajstić information content (AvgIpc) is 2.64. The Morgan fingerprint density at radius 2 is 2.12 bits per heavy atom. The number of phenolic OH excluding ortho intramolecular Hbond substituents is 1. The smallest absolute Gasteiger partial charge is 0.280 e. The SMILES string of the molecule is CC(Oc1cccc2cccnc12)C(=O)NN=Cc1cc(Br)ccc1O. The third-order valence-corrected chi connectivity index (χ3v) is 4.13. The van der Waals surface area contributed by atoms with Gasteiger partial charge in [0.25, 0.3) is 5.91 Å². The summed E-state index contributed by atoms with van der Waals surface area (Å²) in [5.74, 6) is 0.181. The molecule has 1 atom stereocenters. The van der Waals surface area contributed by atoms with Crippen LogP contribution in [-0.2, 0) is 4.79 Å². The minimum atomic E-state index is -0.768. The molecule has 0 aliphatic rings. The molecule has 1 unspecified atom stereocenters. The van der Waals surface area contributed by atoms with Crippen LogP contribution < -0.4 is 10.2 Å². The Labute approximate surface area is 158 Å². The van der Waals surface area contributed by atoms with E-state index < -0.39 is 12.0 Å². The first-order valence-electron chi connectivity index (χ1n) is 7.86. The molecule has 0 fully saturated rings. The van der Waals surface area contributed by atoms with Crippen LogP contribution in [0.25, 0.3) is 10.9 Å². The fourth-order valence-corrected chi connectivity index (χ4v) is 2.68. The quantitative estimate of drug-likeness (QED) is 0.494. The molecule has 0 aliphatic carbocycles. The van der Waals surface area contributed by atoms with Gasteiger partial charge >= 0.3 is 0 Å². The van der Waals surface area contributed by atoms with E-state index in [1.54, 1.807) is 31.3 Å². The Bertz CT molecular complexity index is 970. The van der Waals surface area contributed by atoms with E-state index in [0.717, 1.165) is 9.86 Å². The van der Waals surface area contributed by atoms with E-state index in [9.17, 15) is 9.90 Å². The number of rotatable bonds is 5. The summed E-state index contributed by atoms with van der Waals surface area (Å²) in [6.07, 6.45) is 2.27. The Kier molecular flexibility index (Phi) is 5.48. The van der Waals surface area contributed by atoms with Crippen LogP contribution in [0.4, 0.5) is 0 Å². The summed E-state index contributed by atoms with van der Waals surface area (Å²) < 4.78 is 6.52. The first kappa shape index (κ1) is 17.9. The van der Waals surface area contributed by atoms with Crippen LogP contribution in [0, 0.1) is 0 Å². The van der Waals surface area contributed by atoms with Crippen LogP contribution in [0.2, 0.25) is 0 Å². The zero-order chi connectivity index (χ0) is 18.5. The molecule has 1 amide bonds. The number of benzene rings is 2. The number of aromatic nitrogens is 1. The standard InChI is InChI=1S/C19H16BrN3O3/c1-12(26-17-6-2-4-13-5-3-9-21-18(13)17)19(25)23-22-11-14-10-15(20)7-8-16(14)24/h2-12,24H,1H3,(H,23,25). The van der Waals surface area contributed by atoms with Crippen LogP contribution in [0.15, 0.2) is 64.3 Å². The Balaban J connectivity index is 1.66. The number of carbonyl (C=O) groups is 1. The lowest BCUT2D eigenvalue weighted by molar-refractivity contribution is -0.127. The van der Waals surface area contributed by atoms with Crippen molar-refractivity contribution in [2.45, 2.75) is 13.0 Å². The van der Waals surface area contributed by atoms with Gasteiger partial charge in [0, 0.05) is 21.6 Å². The fourth-order valence-electron chi connectivity index (χ4n) is 2.30. The van der Waals surface area contributed by atoms with Crippen LogP contribution >= 0.6 is 15.9 Å². The van der Waals surface area contributed by atoms with Gasteiger partial charge in [0.2, 0.25) is 0 Å². The maximum atomic E-state index is 12.2. The third-order valence-electron chi connectivity index (χ3n) is 3.64. The molecule has 2 N–H and O–H groups in total. The minimum absolute atomic E-state index is 0.0670. The van der Waals surface area contributed by atoms with Crippen LogP contribution in [-0.4, -0.2) is 28.3 Å². The van der Waals surface area contributed by atoms with Gasteiger partial charge in [-0.3, -0.25) is 9.78 Å². The molecule has 3 aromatic rings. The molecular formula is C19H16BrN3O3. The van der Waals surface area contributed by atoms with Gasteiger partial charge in [-0.05, 0) is 37.3 Å². The summed E-state index contributed by atoms with van der Waals surface area (Å²) >= 11 is 3.31. The van der Waals surface area contributed by atoms with Gasteiger partial charge in [-0.15, -0.1) is 0 Å². The van der Waals surface area contributed by atoms with Crippen molar-refractivity contribution in [1.82, 2.24) is 10.4 Å². The maximum absolute atomic E-state index is 12.2. The van der Waals surface area contributed by atoms with Gasteiger partial charge < -0.3 is 9.84 Å². The lowest BCUT2D eigenvalue weighted by atomic mass is 10.2. The molecule has 3 rings (SSSR count). The summed E-state index contributed by atoms with van der Waals surface area (Å²) in [6.45, 7) is 1.63. The van der Waals surface area contributed by atoms with Crippen molar-refractivity contribution in [3.63, 3.8) is 0 Å². The summed E-state index contributed by atoms with van der Waals surface area (Å²) in [6, 6.07) is 14.2. The highest BCUT2D eigenvalue weighted by Crippen LogP contribution is 2.24. The number of halogens is 1. The predicted octanol–water partition coefficient (Wildman–Crippen LogP) is 3.62. The van der Waals surface area contributed by atoms with Crippen molar-refractivity contribution >= 4 is 39.0 Å². The number of ether oxygens (including phenoxy) is 1. The van der Waals surface area contributed by atoms with E-state index >= 15 is 0 Å². The van der Waals surface area contributed by atoms with Crippen molar-refractivity contribution in [3.05, 3.63) is 64.8 Å². The molecule has 26 heavy (non-hydrogen) atoms. The topological polar surface area (TPSA) is 83.8 Å². The zero-order valence-corrected chi connectivity index (χ0v) is 15.5. The number of hydrogen-bond donors (Lipinski definition) is 2. The molecule has 0 aliphatic heterocycles. The largest absolute Gasteiger partial charge is 0.507 e. The van der Waals surface area contributed by atoms with Gasteiger partial charge in [0.05, 0.1) is 6.21 Å². The number of amides is 1. The maximum Gasteiger partial charge on any atom is 0.280 e. The van der Waals surface area contributed by atoms with Crippen LogP contribution in [0.3, 0.4) is 0 Å². The van der Waals surface area contributed by atoms with E-state index in [2.05, 4.69) is 31.4 Å². The molecule has 0 saturated carbocycles. The molecule has 0 bridgehead atoms. The molecule has 0 saturated heterocycles. The number of para-hydroxylation sites is 1. The van der Waals surface area contributed by atoms with E-state index in [0.29, 0.717) is 16.8 Å². The van der Waals surface area contributed by atoms with Gasteiger partial charge in [-0.2, -0.15) is 5.10 Å². The summed E-state index contributed by atoms with van der Waals surface area (Å²) in [5, 5.41) is 14.5. The highest BCUT2D eigenvalue weighted by atomic mass is 79.9. The van der Waals surface area contributed by atoms with Crippen LogP contribution in [0.5, 0.6) is 11.5 Å². The second-order valence-corrected chi connectivity index (χ2v) is 6.44. The molecule has 2 aromatic carbocycles. The molecule has 0 spiro atoms. The Morgan fingerprint density at radius 3 is 2.96 bits per heavy atom. The molecule has 0 radical (unpaired) electrons. The number of pyridine rings is 1. The number of nitrogens with one attached hydrogen (secondary N) is 1. The second kappa shape index (κ2) is 7.97. The minimum Gasteiger partial charge on any atom is -0.507 e. The molecule has 132 valence electrons. The van der Waals surface area contributed by atoms with Crippen molar-refractivity contribution in [1.29, 1.82) is 0 Å².